The maximum absolute atomic E-state index is 12.4. The molecular formula is C17H25N3O. The molecule has 0 bridgehead atoms. The zero-order valence-corrected chi connectivity index (χ0v) is 12.6. The summed E-state index contributed by atoms with van der Waals surface area (Å²) in [6, 6.07) is 8.14. The highest BCUT2D eigenvalue weighted by atomic mass is 16.2. The van der Waals surface area contributed by atoms with Gasteiger partial charge in [-0.05, 0) is 49.9 Å². The fourth-order valence-electron chi connectivity index (χ4n) is 3.40. The summed E-state index contributed by atoms with van der Waals surface area (Å²) in [5, 5.41) is 2.99. The Morgan fingerprint density at radius 1 is 1.00 bits per heavy atom. The van der Waals surface area contributed by atoms with Gasteiger partial charge in [0.15, 0.2) is 0 Å². The van der Waals surface area contributed by atoms with Crippen LogP contribution in [0.4, 0.5) is 11.4 Å². The lowest BCUT2D eigenvalue weighted by Crippen LogP contribution is -2.52. The van der Waals surface area contributed by atoms with Crippen molar-refractivity contribution in [1.82, 2.24) is 0 Å². The predicted octanol–water partition coefficient (Wildman–Crippen LogP) is 2.89. The van der Waals surface area contributed by atoms with Crippen molar-refractivity contribution < 1.29 is 4.79 Å². The SMILES string of the molecule is NC1(C(=O)Nc2ccc(N3CCCC3)cc2)CCCCC1. The van der Waals surface area contributed by atoms with Crippen molar-refractivity contribution >= 4 is 17.3 Å². The van der Waals surface area contributed by atoms with E-state index >= 15 is 0 Å². The van der Waals surface area contributed by atoms with Crippen LogP contribution in [0.25, 0.3) is 0 Å². The lowest BCUT2D eigenvalue weighted by atomic mass is 9.82. The molecule has 0 atom stereocenters. The van der Waals surface area contributed by atoms with Crippen molar-refractivity contribution in [3.8, 4) is 0 Å². The van der Waals surface area contributed by atoms with Crippen LogP contribution in [-0.2, 0) is 4.79 Å². The molecule has 1 aromatic carbocycles. The average molecular weight is 287 g/mol. The van der Waals surface area contributed by atoms with E-state index in [4.69, 9.17) is 5.73 Å². The van der Waals surface area contributed by atoms with Crippen molar-refractivity contribution in [3.63, 3.8) is 0 Å². The number of carbonyl (C=O) groups excluding carboxylic acids is 1. The number of benzene rings is 1. The first-order valence-corrected chi connectivity index (χ1v) is 8.13. The molecule has 3 rings (SSSR count). The van der Waals surface area contributed by atoms with Gasteiger partial charge in [-0.25, -0.2) is 0 Å². The van der Waals surface area contributed by atoms with Gasteiger partial charge in [-0.15, -0.1) is 0 Å². The molecule has 3 N–H and O–H groups in total. The van der Waals surface area contributed by atoms with E-state index in [2.05, 4.69) is 22.3 Å². The summed E-state index contributed by atoms with van der Waals surface area (Å²) in [7, 11) is 0. The van der Waals surface area contributed by atoms with Gasteiger partial charge in [0.1, 0.15) is 0 Å². The first-order valence-electron chi connectivity index (χ1n) is 8.13. The van der Waals surface area contributed by atoms with Gasteiger partial charge in [-0.2, -0.15) is 0 Å². The van der Waals surface area contributed by atoms with Gasteiger partial charge in [0, 0.05) is 24.5 Å². The molecule has 1 heterocycles. The molecule has 4 nitrogen and oxygen atoms in total. The van der Waals surface area contributed by atoms with Gasteiger partial charge < -0.3 is 16.0 Å². The molecule has 21 heavy (non-hydrogen) atoms. The van der Waals surface area contributed by atoms with Gasteiger partial charge in [-0.3, -0.25) is 4.79 Å². The molecule has 1 aliphatic heterocycles. The zero-order valence-electron chi connectivity index (χ0n) is 12.6. The Morgan fingerprint density at radius 3 is 2.24 bits per heavy atom. The molecule has 1 saturated heterocycles. The second kappa shape index (κ2) is 6.06. The Morgan fingerprint density at radius 2 is 1.62 bits per heavy atom. The fraction of sp³-hybridized carbons (Fsp3) is 0.588. The molecule has 0 radical (unpaired) electrons. The van der Waals surface area contributed by atoms with E-state index in [1.165, 1.54) is 24.9 Å². The highest BCUT2D eigenvalue weighted by molar-refractivity contribution is 5.98. The van der Waals surface area contributed by atoms with Gasteiger partial charge >= 0.3 is 0 Å². The third-order valence-corrected chi connectivity index (χ3v) is 4.79. The Bertz CT molecular complexity index is 485. The first-order chi connectivity index (χ1) is 10.2. The zero-order chi connectivity index (χ0) is 14.7. The van der Waals surface area contributed by atoms with Crippen LogP contribution in [0.3, 0.4) is 0 Å². The molecule has 0 spiro atoms. The lowest BCUT2D eigenvalue weighted by Gasteiger charge is -2.31. The maximum atomic E-state index is 12.4. The molecule has 4 heteroatoms. The topological polar surface area (TPSA) is 58.4 Å². The number of nitrogens with two attached hydrogens (primary N) is 1. The summed E-state index contributed by atoms with van der Waals surface area (Å²) in [5.41, 5.74) is 7.67. The van der Waals surface area contributed by atoms with Crippen LogP contribution in [-0.4, -0.2) is 24.5 Å². The molecule has 114 valence electrons. The fourth-order valence-corrected chi connectivity index (χ4v) is 3.40. The Hall–Kier alpha value is -1.55. The number of carbonyl (C=O) groups is 1. The summed E-state index contributed by atoms with van der Waals surface area (Å²) in [5.74, 6) is -0.0314. The highest BCUT2D eigenvalue weighted by Crippen LogP contribution is 2.28. The summed E-state index contributed by atoms with van der Waals surface area (Å²) in [4.78, 5) is 14.8. The van der Waals surface area contributed by atoms with E-state index in [9.17, 15) is 4.79 Å². The van der Waals surface area contributed by atoms with Crippen molar-refractivity contribution in [2.75, 3.05) is 23.3 Å². The highest BCUT2D eigenvalue weighted by Gasteiger charge is 2.35. The maximum Gasteiger partial charge on any atom is 0.244 e. The predicted molar refractivity (Wildman–Crippen MR) is 86.5 cm³/mol. The molecule has 1 aliphatic carbocycles. The third kappa shape index (κ3) is 3.21. The smallest absolute Gasteiger partial charge is 0.244 e. The average Bonchev–Trinajstić information content (AvgIpc) is 3.03. The molecule has 0 unspecified atom stereocenters. The first kappa shape index (κ1) is 14.4. The second-order valence-electron chi connectivity index (χ2n) is 6.41. The quantitative estimate of drug-likeness (QED) is 0.898. The van der Waals surface area contributed by atoms with Crippen molar-refractivity contribution in [1.29, 1.82) is 0 Å². The van der Waals surface area contributed by atoms with Crippen LogP contribution in [0, 0.1) is 0 Å². The molecule has 1 amide bonds. The normalized spacial score (nSPS) is 21.3. The summed E-state index contributed by atoms with van der Waals surface area (Å²) >= 11 is 0. The number of hydrogen-bond acceptors (Lipinski definition) is 3. The molecule has 2 aliphatic rings. The van der Waals surface area contributed by atoms with Crippen LogP contribution >= 0.6 is 0 Å². The molecule has 2 fully saturated rings. The van der Waals surface area contributed by atoms with Crippen LogP contribution in [0.15, 0.2) is 24.3 Å². The van der Waals surface area contributed by atoms with E-state index in [1.807, 2.05) is 12.1 Å². The van der Waals surface area contributed by atoms with E-state index < -0.39 is 5.54 Å². The summed E-state index contributed by atoms with van der Waals surface area (Å²) in [6.07, 6.45) is 7.43. The van der Waals surface area contributed by atoms with E-state index in [1.54, 1.807) is 0 Å². The minimum Gasteiger partial charge on any atom is -0.372 e. The van der Waals surface area contributed by atoms with Crippen molar-refractivity contribution in [2.24, 2.45) is 5.73 Å². The minimum atomic E-state index is -0.675. The molecule has 1 saturated carbocycles. The lowest BCUT2D eigenvalue weighted by molar-refractivity contribution is -0.122. The van der Waals surface area contributed by atoms with E-state index in [0.717, 1.165) is 44.5 Å². The molecule has 1 aromatic rings. The van der Waals surface area contributed by atoms with Gasteiger partial charge in [-0.1, -0.05) is 19.3 Å². The van der Waals surface area contributed by atoms with Gasteiger partial charge in [0.05, 0.1) is 5.54 Å². The Balaban J connectivity index is 1.63. The number of nitrogens with one attached hydrogen (secondary N) is 1. The third-order valence-electron chi connectivity index (χ3n) is 4.79. The summed E-state index contributed by atoms with van der Waals surface area (Å²) in [6.45, 7) is 2.27. The van der Waals surface area contributed by atoms with Crippen molar-refractivity contribution in [3.05, 3.63) is 24.3 Å². The number of anilines is 2. The number of nitrogens with zero attached hydrogens (tertiary/aromatic N) is 1. The molecule has 0 aromatic heterocycles. The van der Waals surface area contributed by atoms with Crippen LogP contribution in [0.1, 0.15) is 44.9 Å². The van der Waals surface area contributed by atoms with Crippen molar-refractivity contribution in [2.45, 2.75) is 50.5 Å². The number of hydrogen-bond donors (Lipinski definition) is 2. The van der Waals surface area contributed by atoms with E-state index in [0.29, 0.717) is 0 Å². The standard InChI is InChI=1S/C17H25N3O/c18-17(10-2-1-3-11-17)16(21)19-14-6-8-15(9-7-14)20-12-4-5-13-20/h6-9H,1-5,10-13,18H2,(H,19,21). The van der Waals surface area contributed by atoms with Gasteiger partial charge in [0.25, 0.3) is 0 Å². The summed E-state index contributed by atoms with van der Waals surface area (Å²) < 4.78 is 0. The van der Waals surface area contributed by atoms with Gasteiger partial charge in [0.2, 0.25) is 5.91 Å². The largest absolute Gasteiger partial charge is 0.372 e. The second-order valence-corrected chi connectivity index (χ2v) is 6.41. The minimum absolute atomic E-state index is 0.0314. The van der Waals surface area contributed by atoms with Crippen LogP contribution in [0.2, 0.25) is 0 Å². The molecular weight excluding hydrogens is 262 g/mol. The van der Waals surface area contributed by atoms with Crippen LogP contribution < -0.4 is 16.0 Å². The Labute approximate surface area is 126 Å². The Kier molecular flexibility index (Phi) is 4.15. The number of amides is 1. The number of rotatable bonds is 3. The monoisotopic (exact) mass is 287 g/mol. The van der Waals surface area contributed by atoms with E-state index in [-0.39, 0.29) is 5.91 Å². The van der Waals surface area contributed by atoms with Crippen LogP contribution in [0.5, 0.6) is 0 Å².